The van der Waals surface area contributed by atoms with Gasteiger partial charge in [-0.3, -0.25) is 0 Å². The smallest absolute Gasteiger partial charge is 0.208 e. The minimum Gasteiger partial charge on any atom is -0.353 e. The molecule has 0 saturated heterocycles. The summed E-state index contributed by atoms with van der Waals surface area (Å²) in [6.45, 7) is 0.682. The van der Waals surface area contributed by atoms with Crippen molar-refractivity contribution in [2.24, 2.45) is 5.73 Å². The van der Waals surface area contributed by atoms with E-state index < -0.39 is 0 Å². The molecule has 14 heavy (non-hydrogen) atoms. The van der Waals surface area contributed by atoms with E-state index in [1.54, 1.807) is 23.1 Å². The first kappa shape index (κ1) is 16.7. The van der Waals surface area contributed by atoms with Crippen LogP contribution in [0.5, 0.6) is 0 Å². The first-order valence-electron chi connectivity index (χ1n) is 3.57. The number of aromatic nitrogens is 2. The van der Waals surface area contributed by atoms with E-state index in [1.807, 2.05) is 19.0 Å². The molecule has 84 valence electrons. The second-order valence-electron chi connectivity index (χ2n) is 2.38. The minimum atomic E-state index is 0. The van der Waals surface area contributed by atoms with Crippen LogP contribution in [-0.2, 0) is 0 Å². The van der Waals surface area contributed by atoms with Crippen LogP contribution >= 0.6 is 47.9 Å². The number of nitrogens with zero attached hydrogens (tertiary/aromatic N) is 3. The Labute approximate surface area is 104 Å². The molecular formula is C6H14Cl2N4S2. The van der Waals surface area contributed by atoms with Crippen molar-refractivity contribution in [3.05, 3.63) is 0 Å². The van der Waals surface area contributed by atoms with Crippen LogP contribution in [0.4, 0.5) is 5.13 Å². The van der Waals surface area contributed by atoms with Gasteiger partial charge in [0.1, 0.15) is 0 Å². The molecule has 0 amide bonds. The highest BCUT2D eigenvalue weighted by atomic mass is 35.5. The van der Waals surface area contributed by atoms with Crippen molar-refractivity contribution >= 4 is 53.0 Å². The fourth-order valence-corrected chi connectivity index (χ4v) is 2.19. The number of thioether (sulfide) groups is 1. The number of rotatable bonds is 4. The fourth-order valence-electron chi connectivity index (χ4n) is 0.588. The van der Waals surface area contributed by atoms with Gasteiger partial charge in [0.15, 0.2) is 4.34 Å². The molecule has 0 unspecified atom stereocenters. The van der Waals surface area contributed by atoms with Crippen LogP contribution in [0, 0.1) is 0 Å². The highest BCUT2D eigenvalue weighted by Crippen LogP contribution is 2.25. The Kier molecular flexibility index (Phi) is 10.2. The number of hydrogen-bond donors (Lipinski definition) is 1. The largest absolute Gasteiger partial charge is 0.353 e. The summed E-state index contributed by atoms with van der Waals surface area (Å²) in [7, 11) is 3.91. The lowest BCUT2D eigenvalue weighted by Crippen LogP contribution is -2.07. The molecular weight excluding hydrogens is 263 g/mol. The van der Waals surface area contributed by atoms with Crippen molar-refractivity contribution < 1.29 is 0 Å². The van der Waals surface area contributed by atoms with Gasteiger partial charge in [-0.15, -0.1) is 35.0 Å². The van der Waals surface area contributed by atoms with Crippen LogP contribution in [0.3, 0.4) is 0 Å². The zero-order valence-corrected chi connectivity index (χ0v) is 11.2. The first-order valence-corrected chi connectivity index (χ1v) is 5.38. The van der Waals surface area contributed by atoms with Gasteiger partial charge >= 0.3 is 0 Å². The topological polar surface area (TPSA) is 55.0 Å². The standard InChI is InChI=1S/C6H12N4S2.2ClH/c1-10(2)5-8-9-6(12-5)11-4-3-7;;/h3-4,7H2,1-2H3;2*1H. The normalized spacial score (nSPS) is 8.79. The van der Waals surface area contributed by atoms with Gasteiger partial charge in [0.2, 0.25) is 5.13 Å². The van der Waals surface area contributed by atoms with Crippen LogP contribution in [0.25, 0.3) is 0 Å². The van der Waals surface area contributed by atoms with Crippen LogP contribution in [-0.4, -0.2) is 36.6 Å². The molecule has 0 fully saturated rings. The average molecular weight is 277 g/mol. The fraction of sp³-hybridized carbons (Fsp3) is 0.667. The minimum absolute atomic E-state index is 0. The van der Waals surface area contributed by atoms with Crippen molar-refractivity contribution in [1.29, 1.82) is 0 Å². The third-order valence-corrected chi connectivity index (χ3v) is 3.38. The van der Waals surface area contributed by atoms with Gasteiger partial charge in [0.05, 0.1) is 0 Å². The maximum Gasteiger partial charge on any atom is 0.208 e. The predicted molar refractivity (Wildman–Crippen MR) is 68.5 cm³/mol. The van der Waals surface area contributed by atoms with Gasteiger partial charge in [0.25, 0.3) is 0 Å². The third-order valence-electron chi connectivity index (χ3n) is 1.12. The van der Waals surface area contributed by atoms with E-state index in [-0.39, 0.29) is 24.8 Å². The molecule has 0 aliphatic rings. The van der Waals surface area contributed by atoms with Gasteiger partial charge < -0.3 is 10.6 Å². The Balaban J connectivity index is 0. The molecule has 1 heterocycles. The molecule has 2 N–H and O–H groups in total. The van der Waals surface area contributed by atoms with Crippen molar-refractivity contribution in [2.75, 3.05) is 31.3 Å². The molecule has 0 bridgehead atoms. The Morgan fingerprint density at radius 3 is 2.43 bits per heavy atom. The third kappa shape index (κ3) is 5.21. The second kappa shape index (κ2) is 8.55. The summed E-state index contributed by atoms with van der Waals surface area (Å²) in [5, 5.41) is 8.95. The molecule has 1 aromatic heterocycles. The van der Waals surface area contributed by atoms with Crippen molar-refractivity contribution in [2.45, 2.75) is 4.34 Å². The predicted octanol–water partition coefficient (Wildman–Crippen LogP) is 1.50. The molecule has 0 atom stereocenters. The molecule has 0 aliphatic carbocycles. The number of hydrogen-bond acceptors (Lipinski definition) is 6. The van der Waals surface area contributed by atoms with Crippen LogP contribution < -0.4 is 10.6 Å². The second-order valence-corrected chi connectivity index (χ2v) is 4.68. The lowest BCUT2D eigenvalue weighted by atomic mass is 10.8. The average Bonchev–Trinajstić information content (AvgIpc) is 2.48. The molecule has 0 saturated carbocycles. The number of anilines is 1. The van der Waals surface area contributed by atoms with Crippen molar-refractivity contribution in [1.82, 2.24) is 10.2 Å². The lowest BCUT2D eigenvalue weighted by molar-refractivity contribution is 0.972. The SMILES string of the molecule is CN(C)c1nnc(SCCN)s1.Cl.Cl. The van der Waals surface area contributed by atoms with E-state index in [2.05, 4.69) is 10.2 Å². The van der Waals surface area contributed by atoms with Gasteiger partial charge in [-0.05, 0) is 0 Å². The maximum absolute atomic E-state index is 5.37. The van der Waals surface area contributed by atoms with Crippen molar-refractivity contribution in [3.8, 4) is 0 Å². The van der Waals surface area contributed by atoms with Gasteiger partial charge in [-0.2, -0.15) is 0 Å². The van der Waals surface area contributed by atoms with Gasteiger partial charge in [-0.25, -0.2) is 0 Å². The molecule has 1 aromatic rings. The highest BCUT2D eigenvalue weighted by molar-refractivity contribution is 8.01. The first-order chi connectivity index (χ1) is 5.74. The number of halogens is 2. The molecule has 0 aromatic carbocycles. The summed E-state index contributed by atoms with van der Waals surface area (Å²) >= 11 is 3.24. The Hall–Kier alpha value is 0.250. The molecule has 0 radical (unpaired) electrons. The zero-order chi connectivity index (χ0) is 8.97. The Morgan fingerprint density at radius 1 is 1.36 bits per heavy atom. The molecule has 1 rings (SSSR count). The molecule has 8 heteroatoms. The Morgan fingerprint density at radius 2 is 2.00 bits per heavy atom. The van der Waals surface area contributed by atoms with E-state index in [1.165, 1.54) is 0 Å². The van der Waals surface area contributed by atoms with E-state index >= 15 is 0 Å². The van der Waals surface area contributed by atoms with Gasteiger partial charge in [0, 0.05) is 26.4 Å². The van der Waals surface area contributed by atoms with Crippen molar-refractivity contribution in [3.63, 3.8) is 0 Å². The summed E-state index contributed by atoms with van der Waals surface area (Å²) in [5.74, 6) is 0.905. The van der Waals surface area contributed by atoms with E-state index in [9.17, 15) is 0 Å². The summed E-state index contributed by atoms with van der Waals surface area (Å²) in [5.41, 5.74) is 5.37. The van der Waals surface area contributed by atoms with Crippen LogP contribution in [0.15, 0.2) is 4.34 Å². The quantitative estimate of drug-likeness (QED) is 0.845. The number of nitrogens with two attached hydrogens (primary N) is 1. The molecule has 4 nitrogen and oxygen atoms in total. The lowest BCUT2D eigenvalue weighted by Gasteiger charge is -2.03. The summed E-state index contributed by atoms with van der Waals surface area (Å²) in [6.07, 6.45) is 0. The highest BCUT2D eigenvalue weighted by Gasteiger charge is 2.04. The van der Waals surface area contributed by atoms with Gasteiger partial charge in [-0.1, -0.05) is 23.1 Å². The Bertz CT molecular complexity index is 243. The van der Waals surface area contributed by atoms with Crippen LogP contribution in [0.1, 0.15) is 0 Å². The summed E-state index contributed by atoms with van der Waals surface area (Å²) in [4.78, 5) is 1.95. The monoisotopic (exact) mass is 276 g/mol. The van der Waals surface area contributed by atoms with E-state index in [0.717, 1.165) is 15.2 Å². The molecule has 0 spiro atoms. The molecule has 0 aliphatic heterocycles. The maximum atomic E-state index is 5.37. The van der Waals surface area contributed by atoms with E-state index in [4.69, 9.17) is 5.73 Å². The van der Waals surface area contributed by atoms with Crippen LogP contribution in [0.2, 0.25) is 0 Å². The van der Waals surface area contributed by atoms with E-state index in [0.29, 0.717) is 6.54 Å². The zero-order valence-electron chi connectivity index (χ0n) is 7.97. The summed E-state index contributed by atoms with van der Waals surface area (Å²) < 4.78 is 0.990. The summed E-state index contributed by atoms with van der Waals surface area (Å²) in [6, 6.07) is 0.